The van der Waals surface area contributed by atoms with Crippen molar-refractivity contribution in [3.05, 3.63) is 45.8 Å². The predicted molar refractivity (Wildman–Crippen MR) is 75.3 cm³/mol. The number of hydrogen-bond acceptors (Lipinski definition) is 3. The molecule has 1 aromatic heterocycles. The van der Waals surface area contributed by atoms with Gasteiger partial charge in [-0.3, -0.25) is 0 Å². The standard InChI is InChI=1S/C13H12BrClN2O/c1-2-3-12-16-11(14)8-13(17-12)18-10-6-4-9(15)5-7-10/h4-8H,2-3H2,1H3. The zero-order chi connectivity index (χ0) is 13.0. The molecule has 0 aliphatic heterocycles. The summed E-state index contributed by atoms with van der Waals surface area (Å²) in [4.78, 5) is 8.63. The van der Waals surface area contributed by atoms with E-state index >= 15 is 0 Å². The van der Waals surface area contributed by atoms with E-state index in [4.69, 9.17) is 16.3 Å². The molecule has 94 valence electrons. The van der Waals surface area contributed by atoms with Gasteiger partial charge in [0.2, 0.25) is 5.88 Å². The molecular formula is C13H12BrClN2O. The van der Waals surface area contributed by atoms with Crippen molar-refractivity contribution in [3.63, 3.8) is 0 Å². The Morgan fingerprint density at radius 2 is 1.94 bits per heavy atom. The number of halogens is 2. The summed E-state index contributed by atoms with van der Waals surface area (Å²) in [5.74, 6) is 2.01. The van der Waals surface area contributed by atoms with Crippen molar-refractivity contribution < 1.29 is 4.74 Å². The number of hydrogen-bond donors (Lipinski definition) is 0. The maximum Gasteiger partial charge on any atom is 0.223 e. The number of ether oxygens (including phenoxy) is 1. The van der Waals surface area contributed by atoms with E-state index in [2.05, 4.69) is 32.8 Å². The fraction of sp³-hybridized carbons (Fsp3) is 0.231. The molecule has 2 rings (SSSR count). The minimum Gasteiger partial charge on any atom is -0.439 e. The third kappa shape index (κ3) is 3.68. The molecule has 0 atom stereocenters. The Bertz CT molecular complexity index is 531. The smallest absolute Gasteiger partial charge is 0.223 e. The molecule has 0 aliphatic carbocycles. The molecule has 2 aromatic rings. The zero-order valence-corrected chi connectivity index (χ0v) is 12.2. The minimum absolute atomic E-state index is 0.530. The van der Waals surface area contributed by atoms with Gasteiger partial charge in [0, 0.05) is 17.5 Å². The van der Waals surface area contributed by atoms with E-state index in [1.807, 2.05) is 0 Å². The lowest BCUT2D eigenvalue weighted by Gasteiger charge is -2.06. The van der Waals surface area contributed by atoms with Crippen LogP contribution in [0, 0.1) is 0 Å². The average molecular weight is 328 g/mol. The molecule has 0 unspecified atom stereocenters. The first-order chi connectivity index (χ1) is 8.67. The van der Waals surface area contributed by atoms with Crippen LogP contribution in [0.1, 0.15) is 19.2 Å². The van der Waals surface area contributed by atoms with Crippen molar-refractivity contribution in [3.8, 4) is 11.6 Å². The third-order valence-corrected chi connectivity index (χ3v) is 2.89. The van der Waals surface area contributed by atoms with E-state index in [-0.39, 0.29) is 0 Å². The Labute approximate surface area is 119 Å². The molecule has 3 nitrogen and oxygen atoms in total. The Kier molecular flexibility index (Phi) is 4.55. The summed E-state index contributed by atoms with van der Waals surface area (Å²) in [6.45, 7) is 2.09. The van der Waals surface area contributed by atoms with Gasteiger partial charge in [0.25, 0.3) is 0 Å². The lowest BCUT2D eigenvalue weighted by molar-refractivity contribution is 0.457. The van der Waals surface area contributed by atoms with Gasteiger partial charge in [0.1, 0.15) is 16.2 Å². The van der Waals surface area contributed by atoms with E-state index in [9.17, 15) is 0 Å². The van der Waals surface area contributed by atoms with Crippen molar-refractivity contribution in [2.24, 2.45) is 0 Å². The van der Waals surface area contributed by atoms with Crippen molar-refractivity contribution in [2.45, 2.75) is 19.8 Å². The number of nitrogens with zero attached hydrogens (tertiary/aromatic N) is 2. The highest BCUT2D eigenvalue weighted by Crippen LogP contribution is 2.23. The van der Waals surface area contributed by atoms with Gasteiger partial charge in [-0.1, -0.05) is 18.5 Å². The van der Waals surface area contributed by atoms with Crippen LogP contribution in [0.5, 0.6) is 11.6 Å². The maximum atomic E-state index is 5.82. The first kappa shape index (κ1) is 13.3. The summed E-state index contributed by atoms with van der Waals surface area (Å²) in [6, 6.07) is 8.91. The lowest BCUT2D eigenvalue weighted by atomic mass is 10.3. The Hall–Kier alpha value is -1.13. The highest BCUT2D eigenvalue weighted by molar-refractivity contribution is 9.10. The van der Waals surface area contributed by atoms with E-state index in [1.165, 1.54) is 0 Å². The third-order valence-electron chi connectivity index (χ3n) is 2.23. The Morgan fingerprint density at radius 1 is 1.22 bits per heavy atom. The van der Waals surface area contributed by atoms with Crippen LogP contribution < -0.4 is 4.74 Å². The molecule has 0 radical (unpaired) electrons. The molecule has 0 bridgehead atoms. The van der Waals surface area contributed by atoms with Crippen molar-refractivity contribution in [1.82, 2.24) is 9.97 Å². The fourth-order valence-electron chi connectivity index (χ4n) is 1.45. The SMILES string of the molecule is CCCc1nc(Br)cc(Oc2ccc(Cl)cc2)n1. The van der Waals surface area contributed by atoms with Gasteiger partial charge >= 0.3 is 0 Å². The van der Waals surface area contributed by atoms with E-state index in [1.54, 1.807) is 30.3 Å². The van der Waals surface area contributed by atoms with Gasteiger partial charge in [0.15, 0.2) is 0 Å². The maximum absolute atomic E-state index is 5.82. The molecule has 0 aliphatic rings. The molecule has 0 amide bonds. The largest absolute Gasteiger partial charge is 0.439 e. The zero-order valence-electron chi connectivity index (χ0n) is 9.86. The van der Waals surface area contributed by atoms with Crippen LogP contribution in [0.3, 0.4) is 0 Å². The minimum atomic E-state index is 0.530. The topological polar surface area (TPSA) is 35.0 Å². The van der Waals surface area contributed by atoms with Crippen molar-refractivity contribution in [2.75, 3.05) is 0 Å². The molecule has 18 heavy (non-hydrogen) atoms. The molecule has 0 saturated carbocycles. The van der Waals surface area contributed by atoms with Crippen LogP contribution >= 0.6 is 27.5 Å². The number of benzene rings is 1. The summed E-state index contributed by atoms with van der Waals surface area (Å²) < 4.78 is 6.39. The van der Waals surface area contributed by atoms with E-state index in [0.717, 1.165) is 23.3 Å². The summed E-state index contributed by atoms with van der Waals surface area (Å²) >= 11 is 9.17. The monoisotopic (exact) mass is 326 g/mol. The summed E-state index contributed by atoms with van der Waals surface area (Å²) in [5, 5.41) is 0.679. The van der Waals surface area contributed by atoms with Crippen LogP contribution in [0.15, 0.2) is 34.9 Å². The van der Waals surface area contributed by atoms with E-state index in [0.29, 0.717) is 16.7 Å². The Morgan fingerprint density at radius 3 is 2.61 bits per heavy atom. The number of aromatic nitrogens is 2. The van der Waals surface area contributed by atoms with Crippen LogP contribution in [0.25, 0.3) is 0 Å². The first-order valence-corrected chi connectivity index (χ1v) is 6.81. The average Bonchev–Trinajstić information content (AvgIpc) is 2.32. The molecule has 1 heterocycles. The van der Waals surface area contributed by atoms with Gasteiger partial charge in [-0.15, -0.1) is 0 Å². The van der Waals surface area contributed by atoms with Crippen molar-refractivity contribution >= 4 is 27.5 Å². The number of aryl methyl sites for hydroxylation is 1. The van der Waals surface area contributed by atoms with Crippen LogP contribution in [-0.2, 0) is 6.42 Å². The normalized spacial score (nSPS) is 10.4. The highest BCUT2D eigenvalue weighted by atomic mass is 79.9. The molecular weight excluding hydrogens is 316 g/mol. The molecule has 5 heteroatoms. The summed E-state index contributed by atoms with van der Waals surface area (Å²) in [5.41, 5.74) is 0. The van der Waals surface area contributed by atoms with Crippen molar-refractivity contribution in [1.29, 1.82) is 0 Å². The van der Waals surface area contributed by atoms with Crippen LogP contribution in [0.4, 0.5) is 0 Å². The van der Waals surface area contributed by atoms with Gasteiger partial charge in [-0.2, -0.15) is 4.98 Å². The van der Waals surface area contributed by atoms with Gasteiger partial charge in [-0.05, 0) is 46.6 Å². The quantitative estimate of drug-likeness (QED) is 0.767. The molecule has 0 fully saturated rings. The first-order valence-electron chi connectivity index (χ1n) is 5.64. The highest BCUT2D eigenvalue weighted by Gasteiger charge is 2.04. The molecule has 1 aromatic carbocycles. The van der Waals surface area contributed by atoms with E-state index < -0.39 is 0 Å². The summed E-state index contributed by atoms with van der Waals surface area (Å²) in [7, 11) is 0. The van der Waals surface area contributed by atoms with Gasteiger partial charge < -0.3 is 4.74 Å². The van der Waals surface area contributed by atoms with Gasteiger partial charge in [0.05, 0.1) is 0 Å². The lowest BCUT2D eigenvalue weighted by Crippen LogP contribution is -1.97. The number of rotatable bonds is 4. The molecule has 0 saturated heterocycles. The second-order valence-electron chi connectivity index (χ2n) is 3.75. The van der Waals surface area contributed by atoms with Crippen LogP contribution in [0.2, 0.25) is 5.02 Å². The summed E-state index contributed by atoms with van der Waals surface area (Å²) in [6.07, 6.45) is 1.83. The van der Waals surface area contributed by atoms with Crippen LogP contribution in [-0.4, -0.2) is 9.97 Å². The molecule has 0 spiro atoms. The fourth-order valence-corrected chi connectivity index (χ4v) is 1.98. The second-order valence-corrected chi connectivity index (χ2v) is 5.00. The second kappa shape index (κ2) is 6.16. The Balaban J connectivity index is 2.20. The van der Waals surface area contributed by atoms with Gasteiger partial charge in [-0.25, -0.2) is 4.98 Å². The predicted octanol–water partition coefficient (Wildman–Crippen LogP) is 4.64. The molecule has 0 N–H and O–H groups in total.